The van der Waals surface area contributed by atoms with E-state index in [-0.39, 0.29) is 5.91 Å². The zero-order valence-corrected chi connectivity index (χ0v) is 20.4. The number of carbonyl (C=O) groups excluding carboxylic acids is 1. The van der Waals surface area contributed by atoms with Crippen molar-refractivity contribution in [2.45, 2.75) is 13.8 Å². The van der Waals surface area contributed by atoms with Crippen LogP contribution in [0.2, 0.25) is 0 Å². The number of rotatable bonds is 6. The van der Waals surface area contributed by atoms with Crippen LogP contribution in [0.4, 0.5) is 23.1 Å². The summed E-state index contributed by atoms with van der Waals surface area (Å²) in [4.78, 5) is 29.5. The average Bonchev–Trinajstić information content (AvgIpc) is 3.28. The summed E-state index contributed by atoms with van der Waals surface area (Å²) in [6, 6.07) is 19.4. The Kier molecular flexibility index (Phi) is 6.69. The van der Waals surface area contributed by atoms with Crippen LogP contribution < -0.4 is 15.5 Å². The second-order valence-electron chi connectivity index (χ2n) is 8.25. The first-order valence-corrected chi connectivity index (χ1v) is 12.3. The molecule has 0 radical (unpaired) electrons. The molecule has 0 saturated carbocycles. The Hall–Kier alpha value is -3.82. The van der Waals surface area contributed by atoms with Crippen LogP contribution in [0.25, 0.3) is 10.6 Å². The summed E-state index contributed by atoms with van der Waals surface area (Å²) in [5.74, 6) is 1.26. The van der Waals surface area contributed by atoms with E-state index < -0.39 is 0 Å². The molecule has 2 aromatic carbocycles. The number of aromatic nitrogens is 3. The number of benzene rings is 2. The summed E-state index contributed by atoms with van der Waals surface area (Å²) >= 11 is 1.40. The summed E-state index contributed by atoms with van der Waals surface area (Å²) in [6.45, 7) is 6.85. The van der Waals surface area contributed by atoms with Crippen molar-refractivity contribution in [1.82, 2.24) is 15.0 Å². The van der Waals surface area contributed by atoms with Crippen molar-refractivity contribution >= 4 is 40.4 Å². The van der Waals surface area contributed by atoms with Gasteiger partial charge in [-0.15, -0.1) is 11.3 Å². The molecule has 1 aliphatic heterocycles. The number of nitrogens with zero attached hydrogens (tertiary/aromatic N) is 4. The second kappa shape index (κ2) is 10.2. The maximum atomic E-state index is 12.9. The maximum absolute atomic E-state index is 12.9. The number of nitrogens with one attached hydrogen (secondary N) is 2. The molecule has 1 fully saturated rings. The lowest BCUT2D eigenvalue weighted by Gasteiger charge is -2.28. The van der Waals surface area contributed by atoms with Gasteiger partial charge in [0.2, 0.25) is 5.95 Å². The van der Waals surface area contributed by atoms with Gasteiger partial charge in [-0.1, -0.05) is 30.3 Å². The van der Waals surface area contributed by atoms with Crippen molar-refractivity contribution in [3.63, 3.8) is 0 Å². The van der Waals surface area contributed by atoms with E-state index in [1.165, 1.54) is 11.3 Å². The highest BCUT2D eigenvalue weighted by molar-refractivity contribution is 7.17. The van der Waals surface area contributed by atoms with E-state index in [0.717, 1.165) is 46.6 Å². The molecule has 0 aliphatic carbocycles. The molecule has 1 amide bonds. The topological polar surface area (TPSA) is 92.3 Å². The van der Waals surface area contributed by atoms with Gasteiger partial charge in [0.1, 0.15) is 15.7 Å². The number of hydrogen-bond donors (Lipinski definition) is 2. The number of amides is 1. The molecular formula is C26H26N6O2S. The SMILES string of the molecule is Cc1cc(N2CCOCC2)nc(Nc2ccc(NC(=O)c3sc(-c4ccccc4)nc3C)cc2)n1. The standard InChI is InChI=1S/C26H26N6O2S/c1-17-16-22(32-12-14-34-15-13-32)31-26(27-17)30-21-10-8-20(9-11-21)29-24(33)23-18(2)28-25(35-23)19-6-4-3-5-7-19/h3-11,16H,12-15H2,1-2H3,(H,29,33)(H,27,30,31). The largest absolute Gasteiger partial charge is 0.378 e. The first-order valence-electron chi connectivity index (χ1n) is 11.4. The lowest BCUT2D eigenvalue weighted by Crippen LogP contribution is -2.36. The zero-order chi connectivity index (χ0) is 24.2. The third kappa shape index (κ3) is 5.47. The number of hydrogen-bond acceptors (Lipinski definition) is 8. The maximum Gasteiger partial charge on any atom is 0.267 e. The molecule has 4 aromatic rings. The average molecular weight is 487 g/mol. The first-order chi connectivity index (χ1) is 17.0. The molecule has 1 aliphatic rings. The minimum Gasteiger partial charge on any atom is -0.378 e. The van der Waals surface area contributed by atoms with E-state index in [4.69, 9.17) is 4.74 Å². The third-order valence-corrected chi connectivity index (χ3v) is 6.80. The molecule has 1 saturated heterocycles. The summed E-state index contributed by atoms with van der Waals surface area (Å²) in [7, 11) is 0. The molecule has 2 N–H and O–H groups in total. The van der Waals surface area contributed by atoms with Crippen LogP contribution in [0.3, 0.4) is 0 Å². The molecular weight excluding hydrogens is 460 g/mol. The first kappa shape index (κ1) is 22.9. The quantitative estimate of drug-likeness (QED) is 0.394. The predicted octanol–water partition coefficient (Wildman–Crippen LogP) is 5.05. The molecule has 178 valence electrons. The summed E-state index contributed by atoms with van der Waals surface area (Å²) in [5, 5.41) is 7.07. The van der Waals surface area contributed by atoms with Crippen LogP contribution in [0.15, 0.2) is 60.7 Å². The number of carbonyl (C=O) groups is 1. The van der Waals surface area contributed by atoms with E-state index in [2.05, 4.69) is 30.5 Å². The Bertz CT molecular complexity index is 1320. The minimum absolute atomic E-state index is 0.167. The highest BCUT2D eigenvalue weighted by Gasteiger charge is 2.17. The van der Waals surface area contributed by atoms with Gasteiger partial charge in [0.25, 0.3) is 5.91 Å². The van der Waals surface area contributed by atoms with Crippen molar-refractivity contribution in [3.8, 4) is 10.6 Å². The predicted molar refractivity (Wildman–Crippen MR) is 140 cm³/mol. The van der Waals surface area contributed by atoms with Gasteiger partial charge in [-0.3, -0.25) is 4.79 Å². The molecule has 2 aromatic heterocycles. The van der Waals surface area contributed by atoms with Gasteiger partial charge in [-0.25, -0.2) is 9.97 Å². The second-order valence-corrected chi connectivity index (χ2v) is 9.25. The summed E-state index contributed by atoms with van der Waals surface area (Å²) in [6.07, 6.45) is 0. The highest BCUT2D eigenvalue weighted by atomic mass is 32.1. The third-order valence-electron chi connectivity index (χ3n) is 5.60. The fourth-order valence-electron chi connectivity index (χ4n) is 3.83. The molecule has 3 heterocycles. The van der Waals surface area contributed by atoms with Gasteiger partial charge in [0.05, 0.1) is 18.9 Å². The Balaban J connectivity index is 1.26. The molecule has 8 nitrogen and oxygen atoms in total. The monoisotopic (exact) mass is 486 g/mol. The number of thiazole rings is 1. The van der Waals surface area contributed by atoms with Crippen molar-refractivity contribution in [2.24, 2.45) is 0 Å². The molecule has 35 heavy (non-hydrogen) atoms. The van der Waals surface area contributed by atoms with Gasteiger partial charge < -0.3 is 20.3 Å². The van der Waals surface area contributed by atoms with Crippen LogP contribution in [-0.4, -0.2) is 47.2 Å². The van der Waals surface area contributed by atoms with Crippen molar-refractivity contribution < 1.29 is 9.53 Å². The number of morpholine rings is 1. The van der Waals surface area contributed by atoms with Crippen molar-refractivity contribution in [3.05, 3.63) is 76.9 Å². The lowest BCUT2D eigenvalue weighted by molar-refractivity contribution is 0.103. The molecule has 0 unspecified atom stereocenters. The fraction of sp³-hybridized carbons (Fsp3) is 0.231. The van der Waals surface area contributed by atoms with Gasteiger partial charge in [-0.05, 0) is 38.1 Å². The molecule has 0 atom stereocenters. The van der Waals surface area contributed by atoms with Gasteiger partial charge in [0.15, 0.2) is 0 Å². The number of anilines is 4. The van der Waals surface area contributed by atoms with Crippen molar-refractivity contribution in [2.75, 3.05) is 41.8 Å². The summed E-state index contributed by atoms with van der Waals surface area (Å²) < 4.78 is 5.44. The zero-order valence-electron chi connectivity index (χ0n) is 19.6. The van der Waals surface area contributed by atoms with E-state index >= 15 is 0 Å². The molecule has 9 heteroatoms. The normalized spacial score (nSPS) is 13.5. The van der Waals surface area contributed by atoms with Crippen LogP contribution in [0.1, 0.15) is 21.1 Å². The van der Waals surface area contributed by atoms with Crippen molar-refractivity contribution in [1.29, 1.82) is 0 Å². The molecule has 0 spiro atoms. The van der Waals surface area contributed by atoms with E-state index in [0.29, 0.717) is 29.7 Å². The molecule has 5 rings (SSSR count). The van der Waals surface area contributed by atoms with Crippen LogP contribution >= 0.6 is 11.3 Å². The summed E-state index contributed by atoms with van der Waals surface area (Å²) in [5.41, 5.74) is 4.15. The minimum atomic E-state index is -0.167. The molecule has 0 bridgehead atoms. The Morgan fingerprint density at radius 3 is 2.40 bits per heavy atom. The van der Waals surface area contributed by atoms with E-state index in [1.54, 1.807) is 0 Å². The Morgan fingerprint density at radius 1 is 0.943 bits per heavy atom. The fourth-order valence-corrected chi connectivity index (χ4v) is 4.79. The number of aryl methyl sites for hydroxylation is 2. The smallest absolute Gasteiger partial charge is 0.267 e. The Labute approximate surface area is 208 Å². The van der Waals surface area contributed by atoms with E-state index in [9.17, 15) is 4.79 Å². The van der Waals surface area contributed by atoms with Gasteiger partial charge >= 0.3 is 0 Å². The van der Waals surface area contributed by atoms with Crippen LogP contribution in [-0.2, 0) is 4.74 Å². The van der Waals surface area contributed by atoms with Gasteiger partial charge in [0, 0.05) is 41.8 Å². The van der Waals surface area contributed by atoms with E-state index in [1.807, 2.05) is 74.5 Å². The van der Waals surface area contributed by atoms with Crippen LogP contribution in [0.5, 0.6) is 0 Å². The highest BCUT2D eigenvalue weighted by Crippen LogP contribution is 2.28. The van der Waals surface area contributed by atoms with Crippen LogP contribution in [0, 0.1) is 13.8 Å². The number of ether oxygens (including phenoxy) is 1. The Morgan fingerprint density at radius 2 is 1.66 bits per heavy atom. The lowest BCUT2D eigenvalue weighted by atomic mass is 10.2. The van der Waals surface area contributed by atoms with Gasteiger partial charge in [-0.2, -0.15) is 4.98 Å².